The maximum absolute atomic E-state index is 12.2. The summed E-state index contributed by atoms with van der Waals surface area (Å²) >= 11 is 1.66. The van der Waals surface area contributed by atoms with Gasteiger partial charge in [0, 0.05) is 56.6 Å². The molecule has 1 fully saturated rings. The summed E-state index contributed by atoms with van der Waals surface area (Å²) in [6.07, 6.45) is 7.37. The molecular formula is C31H39N3O6S. The van der Waals surface area contributed by atoms with E-state index >= 15 is 0 Å². The molecule has 1 amide bonds. The molecule has 0 bridgehead atoms. The summed E-state index contributed by atoms with van der Waals surface area (Å²) in [4.78, 5) is 27.2. The normalized spacial score (nSPS) is 18.7. The molecule has 3 aromatic rings. The van der Waals surface area contributed by atoms with E-state index in [1.54, 1.807) is 18.0 Å². The van der Waals surface area contributed by atoms with Gasteiger partial charge in [-0.3, -0.25) is 9.59 Å². The Morgan fingerprint density at radius 3 is 2.32 bits per heavy atom. The maximum Gasteiger partial charge on any atom is 0.303 e. The summed E-state index contributed by atoms with van der Waals surface area (Å²) in [5, 5.41) is 22.0. The number of unbranched alkanes of at least 4 members (excludes halogenated alkanes) is 3. The van der Waals surface area contributed by atoms with Crippen LogP contribution >= 0.6 is 11.8 Å². The van der Waals surface area contributed by atoms with Gasteiger partial charge in [-0.2, -0.15) is 0 Å². The summed E-state index contributed by atoms with van der Waals surface area (Å²) in [6.45, 7) is 0.440. The fourth-order valence-corrected chi connectivity index (χ4v) is 5.63. The Kier molecular flexibility index (Phi) is 11.8. The van der Waals surface area contributed by atoms with Crippen molar-refractivity contribution in [2.45, 2.75) is 81.8 Å². The molecule has 1 saturated heterocycles. The van der Waals surface area contributed by atoms with Gasteiger partial charge in [-0.05, 0) is 29.5 Å². The number of carbonyl (C=O) groups excluding carboxylic acids is 1. The Hall–Kier alpha value is -3.18. The van der Waals surface area contributed by atoms with Gasteiger partial charge in [-0.25, -0.2) is 4.98 Å². The van der Waals surface area contributed by atoms with Gasteiger partial charge in [0.2, 0.25) is 5.91 Å². The molecule has 2 aromatic carbocycles. The number of aliphatic carboxylic acids is 1. The molecule has 3 N–H and O–H groups in total. The van der Waals surface area contributed by atoms with Crippen LogP contribution in [0.5, 0.6) is 0 Å². The summed E-state index contributed by atoms with van der Waals surface area (Å²) in [5.74, 6) is -0.0444. The molecule has 0 spiro atoms. The summed E-state index contributed by atoms with van der Waals surface area (Å²) in [5.41, 5.74) is 3.80. The number of carboxylic acids is 1. The fourth-order valence-electron chi connectivity index (χ4n) is 4.68. The van der Waals surface area contributed by atoms with E-state index in [0.29, 0.717) is 25.8 Å². The minimum Gasteiger partial charge on any atom is -0.481 e. The summed E-state index contributed by atoms with van der Waals surface area (Å²) in [6, 6.07) is 15.8. The number of aryl methyl sites for hydroxylation is 1. The number of hydrogen-bond acceptors (Lipinski definition) is 7. The third-order valence-corrected chi connectivity index (χ3v) is 8.27. The lowest BCUT2D eigenvalue weighted by Crippen LogP contribution is -2.31. The highest BCUT2D eigenvalue weighted by atomic mass is 32.2. The van der Waals surface area contributed by atoms with Crippen molar-refractivity contribution < 1.29 is 29.3 Å². The van der Waals surface area contributed by atoms with Gasteiger partial charge < -0.3 is 29.6 Å². The van der Waals surface area contributed by atoms with Crippen LogP contribution in [-0.2, 0) is 39.3 Å². The Morgan fingerprint density at radius 1 is 0.976 bits per heavy atom. The van der Waals surface area contributed by atoms with Crippen molar-refractivity contribution in [1.29, 1.82) is 0 Å². The maximum atomic E-state index is 12.2. The molecule has 1 aromatic heterocycles. The number of benzene rings is 2. The number of nitrogens with zero attached hydrogens (tertiary/aromatic N) is 2. The zero-order chi connectivity index (χ0) is 29.0. The van der Waals surface area contributed by atoms with E-state index < -0.39 is 12.3 Å². The van der Waals surface area contributed by atoms with Crippen LogP contribution in [0.3, 0.4) is 0 Å². The first kappa shape index (κ1) is 30.8. The smallest absolute Gasteiger partial charge is 0.303 e. The number of hydrogen-bond donors (Lipinski definition) is 3. The first-order valence-electron chi connectivity index (χ1n) is 14.1. The molecular weight excluding hydrogens is 542 g/mol. The van der Waals surface area contributed by atoms with E-state index in [9.17, 15) is 14.7 Å². The molecule has 4 rings (SSSR count). The molecule has 3 atom stereocenters. The van der Waals surface area contributed by atoms with Crippen molar-refractivity contribution >= 4 is 23.6 Å². The van der Waals surface area contributed by atoms with Gasteiger partial charge in [-0.15, -0.1) is 0 Å². The monoisotopic (exact) mass is 581 g/mol. The van der Waals surface area contributed by atoms with Crippen LogP contribution in [0.1, 0.15) is 79.6 Å². The van der Waals surface area contributed by atoms with Crippen molar-refractivity contribution in [3.05, 3.63) is 83.2 Å². The molecule has 1 aliphatic heterocycles. The van der Waals surface area contributed by atoms with Crippen molar-refractivity contribution in [1.82, 2.24) is 14.9 Å². The van der Waals surface area contributed by atoms with Crippen LogP contribution in [-0.4, -0.2) is 43.5 Å². The lowest BCUT2D eigenvalue weighted by molar-refractivity contribution is -0.245. The average Bonchev–Trinajstić information content (AvgIpc) is 3.41. The second-order valence-electron chi connectivity index (χ2n) is 10.3. The van der Waals surface area contributed by atoms with Gasteiger partial charge in [0.1, 0.15) is 0 Å². The minimum atomic E-state index is -0.775. The molecule has 0 aliphatic carbocycles. The third-order valence-electron chi connectivity index (χ3n) is 7.08. The zero-order valence-electron chi connectivity index (χ0n) is 23.4. The minimum absolute atomic E-state index is 0.00186. The van der Waals surface area contributed by atoms with Crippen LogP contribution in [0.25, 0.3) is 0 Å². The van der Waals surface area contributed by atoms with Gasteiger partial charge in [0.05, 0.1) is 18.8 Å². The number of rotatable bonds is 15. The van der Waals surface area contributed by atoms with E-state index in [1.165, 1.54) is 0 Å². The van der Waals surface area contributed by atoms with Gasteiger partial charge in [0.25, 0.3) is 0 Å². The molecule has 2 heterocycles. The molecule has 9 nitrogen and oxygen atoms in total. The topological polar surface area (TPSA) is 123 Å². The van der Waals surface area contributed by atoms with Crippen molar-refractivity contribution in [3.63, 3.8) is 0 Å². The highest BCUT2D eigenvalue weighted by Gasteiger charge is 2.32. The molecule has 10 heteroatoms. The highest BCUT2D eigenvalue weighted by molar-refractivity contribution is 7.99. The van der Waals surface area contributed by atoms with Crippen LogP contribution in [0, 0.1) is 0 Å². The van der Waals surface area contributed by atoms with Gasteiger partial charge >= 0.3 is 5.97 Å². The van der Waals surface area contributed by atoms with E-state index in [-0.39, 0.29) is 31.1 Å². The second kappa shape index (κ2) is 15.7. The number of thioether (sulfide) groups is 1. The third kappa shape index (κ3) is 9.71. The predicted molar refractivity (Wildman–Crippen MR) is 156 cm³/mol. The van der Waals surface area contributed by atoms with Crippen LogP contribution in [0.15, 0.2) is 66.1 Å². The van der Waals surface area contributed by atoms with E-state index in [2.05, 4.69) is 10.3 Å². The number of amides is 1. The number of aliphatic hydroxyl groups excluding tert-OH is 1. The first-order chi connectivity index (χ1) is 19.9. The van der Waals surface area contributed by atoms with E-state index in [4.69, 9.17) is 14.6 Å². The molecule has 220 valence electrons. The average molecular weight is 582 g/mol. The van der Waals surface area contributed by atoms with E-state index in [0.717, 1.165) is 52.4 Å². The number of aliphatic hydroxyl groups is 1. The highest BCUT2D eigenvalue weighted by Crippen LogP contribution is 2.39. The molecule has 0 radical (unpaired) electrons. The number of imidazole rings is 1. The zero-order valence-corrected chi connectivity index (χ0v) is 24.2. The van der Waals surface area contributed by atoms with Crippen molar-refractivity contribution in [2.75, 3.05) is 5.75 Å². The Labute approximate surface area is 245 Å². The van der Waals surface area contributed by atoms with Gasteiger partial charge in [0.15, 0.2) is 11.4 Å². The number of carboxylic acid groups (broad SMARTS) is 1. The second-order valence-corrected chi connectivity index (χ2v) is 11.3. The molecule has 0 saturated carbocycles. The summed E-state index contributed by atoms with van der Waals surface area (Å²) in [7, 11) is 1.98. The van der Waals surface area contributed by atoms with Crippen molar-refractivity contribution in [2.24, 2.45) is 7.05 Å². The Balaban J connectivity index is 1.32. The lowest BCUT2D eigenvalue weighted by Gasteiger charge is -2.36. The van der Waals surface area contributed by atoms with Crippen LogP contribution in [0.2, 0.25) is 0 Å². The quantitative estimate of drug-likeness (QED) is 0.163. The number of nitrogens with one attached hydrogen (secondary N) is 1. The number of aromatic nitrogens is 2. The lowest BCUT2D eigenvalue weighted by atomic mass is 10.0. The summed E-state index contributed by atoms with van der Waals surface area (Å²) < 4.78 is 14.8. The molecule has 1 aliphatic rings. The molecule has 41 heavy (non-hydrogen) atoms. The van der Waals surface area contributed by atoms with Crippen LogP contribution in [0.4, 0.5) is 0 Å². The number of ether oxygens (including phenoxy) is 2. The van der Waals surface area contributed by atoms with Crippen molar-refractivity contribution in [3.8, 4) is 0 Å². The first-order valence-corrected chi connectivity index (χ1v) is 15.1. The Morgan fingerprint density at radius 2 is 1.66 bits per heavy atom. The largest absolute Gasteiger partial charge is 0.481 e. The molecule has 3 unspecified atom stereocenters. The Bertz CT molecular complexity index is 1250. The van der Waals surface area contributed by atoms with E-state index in [1.807, 2.05) is 66.3 Å². The van der Waals surface area contributed by atoms with Gasteiger partial charge in [-0.1, -0.05) is 73.1 Å². The fraction of sp³-hybridized carbons (Fsp3) is 0.452. The standard InChI is InChI=1S/C31H39N3O6S/c1-34-17-16-32-31(34)41-21-26-18-27(24-12-10-23(20-35)11-13-24)40-30(39-26)25-14-8-22(9-15-25)19-33-28(36)6-4-2-3-5-7-29(37)38/h8-17,26-27,30,35H,2-7,18-21H2,1H3,(H,33,36)(H,37,38). The van der Waals surface area contributed by atoms with Crippen LogP contribution < -0.4 is 5.32 Å². The SMILES string of the molecule is Cn1ccnc1SCC1CC(c2ccc(CO)cc2)OC(c2ccc(CNC(=O)CCCCCCC(=O)O)cc2)O1. The predicted octanol–water partition coefficient (Wildman–Crippen LogP) is 5.29. The number of carbonyl (C=O) groups is 2.